The molecule has 2 aliphatic rings. The second kappa shape index (κ2) is 11.2. The molecule has 1 fully saturated rings. The van der Waals surface area contributed by atoms with Crippen molar-refractivity contribution >= 4 is 40.4 Å². The molecule has 3 aromatic rings. The van der Waals surface area contributed by atoms with Gasteiger partial charge in [0.25, 0.3) is 11.8 Å². The molecule has 1 aromatic heterocycles. The maximum absolute atomic E-state index is 13.4. The minimum absolute atomic E-state index is 0.246. The SMILES string of the molecule is Nc1ccc2c(c1)C(=O)N(CCN1CCC(c3noc4cc(F)ccc34)CC1)C2=O.O=C(O)/C=C/C(=O)O. The number of hydrogen-bond acceptors (Lipinski definition) is 8. The van der Waals surface area contributed by atoms with E-state index in [-0.39, 0.29) is 23.5 Å². The van der Waals surface area contributed by atoms with Crippen LogP contribution in [0.25, 0.3) is 11.0 Å². The Kier molecular flexibility index (Phi) is 7.82. The second-order valence-corrected chi connectivity index (χ2v) is 8.90. The molecule has 3 heterocycles. The molecule has 12 heteroatoms. The lowest BCUT2D eigenvalue weighted by Gasteiger charge is -2.32. The number of piperidine rings is 1. The number of carbonyl (C=O) groups excluding carboxylic acids is 2. The van der Waals surface area contributed by atoms with Crippen LogP contribution in [-0.2, 0) is 9.59 Å². The predicted molar refractivity (Wildman–Crippen MR) is 133 cm³/mol. The lowest BCUT2D eigenvalue weighted by atomic mass is 9.91. The first-order chi connectivity index (χ1) is 18.1. The number of fused-ring (bicyclic) bond motifs is 2. The summed E-state index contributed by atoms with van der Waals surface area (Å²) in [5.41, 5.74) is 8.37. The van der Waals surface area contributed by atoms with E-state index in [4.69, 9.17) is 20.5 Å². The van der Waals surface area contributed by atoms with Gasteiger partial charge in [0.1, 0.15) is 5.82 Å². The highest BCUT2D eigenvalue weighted by atomic mass is 19.1. The number of nitrogens with two attached hydrogens (primary N) is 1. The molecule has 1 saturated heterocycles. The van der Waals surface area contributed by atoms with Crippen molar-refractivity contribution < 1.29 is 38.3 Å². The maximum Gasteiger partial charge on any atom is 0.328 e. The molecule has 0 atom stereocenters. The highest BCUT2D eigenvalue weighted by Crippen LogP contribution is 2.33. The number of carboxylic acid groups (broad SMARTS) is 2. The third kappa shape index (κ3) is 5.86. The van der Waals surface area contributed by atoms with Crippen LogP contribution in [0.15, 0.2) is 53.1 Å². The van der Waals surface area contributed by atoms with E-state index in [1.54, 1.807) is 24.3 Å². The van der Waals surface area contributed by atoms with Gasteiger partial charge in [-0.25, -0.2) is 14.0 Å². The summed E-state index contributed by atoms with van der Waals surface area (Å²) in [4.78, 5) is 47.8. The fraction of sp³-hybridized carbons (Fsp3) is 0.269. The number of nitrogen functional groups attached to an aromatic ring is 1. The zero-order valence-electron chi connectivity index (χ0n) is 20.2. The number of amides is 2. The molecule has 0 spiro atoms. The van der Waals surface area contributed by atoms with E-state index in [0.717, 1.165) is 37.0 Å². The first-order valence-corrected chi connectivity index (χ1v) is 11.8. The van der Waals surface area contributed by atoms with Gasteiger partial charge in [-0.3, -0.25) is 14.5 Å². The van der Waals surface area contributed by atoms with Gasteiger partial charge in [-0.05, 0) is 56.3 Å². The molecule has 0 radical (unpaired) electrons. The van der Waals surface area contributed by atoms with Crippen LogP contribution in [0.1, 0.15) is 45.2 Å². The van der Waals surface area contributed by atoms with Crippen LogP contribution in [0.3, 0.4) is 0 Å². The minimum Gasteiger partial charge on any atom is -0.478 e. The normalized spacial score (nSPS) is 16.1. The number of carbonyl (C=O) groups is 4. The molecule has 0 aliphatic carbocycles. The molecule has 11 nitrogen and oxygen atoms in total. The van der Waals surface area contributed by atoms with Crippen molar-refractivity contribution in [1.82, 2.24) is 15.0 Å². The van der Waals surface area contributed by atoms with E-state index >= 15 is 0 Å². The number of rotatable bonds is 6. The lowest BCUT2D eigenvalue weighted by molar-refractivity contribution is -0.134. The number of aliphatic carboxylic acids is 2. The molecular weight excluding hydrogens is 499 g/mol. The smallest absolute Gasteiger partial charge is 0.328 e. The van der Waals surface area contributed by atoms with Gasteiger partial charge in [-0.2, -0.15) is 0 Å². The third-order valence-electron chi connectivity index (χ3n) is 6.44. The Morgan fingerprint density at radius 2 is 1.66 bits per heavy atom. The molecule has 2 amide bonds. The average molecular weight is 525 g/mol. The zero-order valence-corrected chi connectivity index (χ0v) is 20.2. The fourth-order valence-electron chi connectivity index (χ4n) is 4.55. The van der Waals surface area contributed by atoms with E-state index in [0.29, 0.717) is 47.6 Å². The first kappa shape index (κ1) is 26.5. The summed E-state index contributed by atoms with van der Waals surface area (Å²) in [5, 5.41) is 20.7. The molecule has 2 aliphatic heterocycles. The van der Waals surface area contributed by atoms with Crippen molar-refractivity contribution in [2.45, 2.75) is 18.8 Å². The Balaban J connectivity index is 0.000000368. The van der Waals surface area contributed by atoms with E-state index in [1.165, 1.54) is 17.0 Å². The van der Waals surface area contributed by atoms with Gasteiger partial charge in [0.15, 0.2) is 5.58 Å². The van der Waals surface area contributed by atoms with Gasteiger partial charge in [0, 0.05) is 48.3 Å². The number of anilines is 1. The first-order valence-electron chi connectivity index (χ1n) is 11.8. The zero-order chi connectivity index (χ0) is 27.4. The number of aromatic nitrogens is 1. The Labute approximate surface area is 215 Å². The number of nitrogens with zero attached hydrogens (tertiary/aromatic N) is 3. The monoisotopic (exact) mass is 524 g/mol. The number of likely N-dealkylation sites (tertiary alicyclic amines) is 1. The van der Waals surface area contributed by atoms with Crippen LogP contribution in [0.5, 0.6) is 0 Å². The van der Waals surface area contributed by atoms with Crippen molar-refractivity contribution in [3.05, 3.63) is 71.2 Å². The van der Waals surface area contributed by atoms with E-state index < -0.39 is 11.9 Å². The van der Waals surface area contributed by atoms with Crippen LogP contribution >= 0.6 is 0 Å². The minimum atomic E-state index is -1.26. The molecule has 2 aromatic carbocycles. The van der Waals surface area contributed by atoms with Gasteiger partial charge < -0.3 is 25.4 Å². The summed E-state index contributed by atoms with van der Waals surface area (Å²) in [5.74, 6) is -3.14. The third-order valence-corrected chi connectivity index (χ3v) is 6.44. The highest BCUT2D eigenvalue weighted by molar-refractivity contribution is 6.21. The van der Waals surface area contributed by atoms with Gasteiger partial charge in [-0.1, -0.05) is 5.16 Å². The van der Waals surface area contributed by atoms with Crippen molar-refractivity contribution in [3.8, 4) is 0 Å². The largest absolute Gasteiger partial charge is 0.478 e. The van der Waals surface area contributed by atoms with Crippen molar-refractivity contribution in [2.75, 3.05) is 31.9 Å². The molecule has 0 saturated carbocycles. The summed E-state index contributed by atoms with van der Waals surface area (Å²) in [6.45, 7) is 2.63. The standard InChI is InChI=1S/C22H21FN4O3.C4H4O4/c23-14-1-3-17-19(11-14)30-25-20(17)13-5-7-26(8-6-13)9-10-27-21(28)16-4-2-15(24)12-18(16)22(27)29;5-3(6)1-2-4(7)8/h1-4,11-13H,5-10,24H2;1-2H,(H,5,6)(H,7,8)/b;2-1+. The number of hydrogen-bond donors (Lipinski definition) is 3. The van der Waals surface area contributed by atoms with Crippen molar-refractivity contribution in [1.29, 1.82) is 0 Å². The quantitative estimate of drug-likeness (QED) is 0.248. The molecular formula is C26H25FN4O7. The van der Waals surface area contributed by atoms with Crippen LogP contribution in [0, 0.1) is 5.82 Å². The summed E-state index contributed by atoms with van der Waals surface area (Å²) < 4.78 is 18.7. The second-order valence-electron chi connectivity index (χ2n) is 8.90. The number of halogens is 1. The van der Waals surface area contributed by atoms with Crippen molar-refractivity contribution in [3.63, 3.8) is 0 Å². The topological polar surface area (TPSA) is 167 Å². The van der Waals surface area contributed by atoms with Gasteiger partial charge in [0.05, 0.1) is 16.8 Å². The van der Waals surface area contributed by atoms with Gasteiger partial charge in [0.2, 0.25) is 0 Å². The van der Waals surface area contributed by atoms with E-state index in [9.17, 15) is 23.6 Å². The summed E-state index contributed by atoms with van der Waals surface area (Å²) in [6.07, 6.45) is 2.89. The maximum atomic E-state index is 13.4. The van der Waals surface area contributed by atoms with E-state index in [2.05, 4.69) is 10.1 Å². The van der Waals surface area contributed by atoms with Crippen LogP contribution in [0.4, 0.5) is 10.1 Å². The molecule has 5 rings (SSSR count). The summed E-state index contributed by atoms with van der Waals surface area (Å²) >= 11 is 0. The highest BCUT2D eigenvalue weighted by Gasteiger charge is 2.36. The molecule has 4 N–H and O–H groups in total. The Morgan fingerprint density at radius 1 is 1.00 bits per heavy atom. The fourth-order valence-corrected chi connectivity index (χ4v) is 4.55. The summed E-state index contributed by atoms with van der Waals surface area (Å²) in [6, 6.07) is 9.32. The Morgan fingerprint density at radius 3 is 2.32 bits per heavy atom. The average Bonchev–Trinajstić information content (AvgIpc) is 3.40. The molecule has 0 unspecified atom stereocenters. The molecule has 198 valence electrons. The van der Waals surface area contributed by atoms with Gasteiger partial charge in [-0.15, -0.1) is 0 Å². The van der Waals surface area contributed by atoms with Crippen LogP contribution < -0.4 is 5.73 Å². The lowest BCUT2D eigenvalue weighted by Crippen LogP contribution is -2.41. The summed E-state index contributed by atoms with van der Waals surface area (Å²) in [7, 11) is 0. The molecule has 0 bridgehead atoms. The number of imide groups is 1. The molecule has 38 heavy (non-hydrogen) atoms. The Bertz CT molecular complexity index is 1410. The Hall–Kier alpha value is -4.58. The van der Waals surface area contributed by atoms with Crippen LogP contribution in [-0.4, -0.2) is 75.1 Å². The number of carboxylic acids is 2. The van der Waals surface area contributed by atoms with Gasteiger partial charge >= 0.3 is 11.9 Å². The van der Waals surface area contributed by atoms with Crippen LogP contribution in [0.2, 0.25) is 0 Å². The number of benzene rings is 2. The van der Waals surface area contributed by atoms with E-state index in [1.807, 2.05) is 0 Å². The predicted octanol–water partition coefficient (Wildman–Crippen LogP) is 2.74. The van der Waals surface area contributed by atoms with Crippen molar-refractivity contribution in [2.24, 2.45) is 0 Å².